The van der Waals surface area contributed by atoms with Crippen LogP contribution in [-0.4, -0.2) is 29.3 Å². The van der Waals surface area contributed by atoms with Crippen molar-refractivity contribution in [1.82, 2.24) is 4.90 Å². The maximum atomic E-state index is 2.76. The van der Waals surface area contributed by atoms with Gasteiger partial charge in [0.25, 0.3) is 0 Å². The number of rotatable bonds is 6. The summed E-state index contributed by atoms with van der Waals surface area (Å²) in [5, 5.41) is 0.792. The third-order valence-electron chi connectivity index (χ3n) is 4.01. The monoisotopic (exact) mass is 261 g/mol. The molecule has 1 unspecified atom stereocenters. The van der Waals surface area contributed by atoms with Gasteiger partial charge in [0.1, 0.15) is 0 Å². The highest BCUT2D eigenvalue weighted by Gasteiger charge is 2.32. The van der Waals surface area contributed by atoms with Crippen LogP contribution in [0, 0.1) is 0 Å². The minimum atomic E-state index is 0.792. The maximum absolute atomic E-state index is 2.76. The summed E-state index contributed by atoms with van der Waals surface area (Å²) >= 11 is 2.10. The zero-order valence-electron chi connectivity index (χ0n) is 11.3. The van der Waals surface area contributed by atoms with Crippen LogP contribution in [0.1, 0.15) is 38.2 Å². The Morgan fingerprint density at radius 1 is 1.28 bits per heavy atom. The van der Waals surface area contributed by atoms with Gasteiger partial charge in [0, 0.05) is 22.7 Å². The van der Waals surface area contributed by atoms with Crippen molar-refractivity contribution >= 4 is 11.8 Å². The first kappa shape index (κ1) is 12.6. The molecule has 0 amide bonds. The lowest BCUT2D eigenvalue weighted by molar-refractivity contribution is 0.260. The van der Waals surface area contributed by atoms with Crippen molar-refractivity contribution in [2.24, 2.45) is 0 Å². The van der Waals surface area contributed by atoms with Crippen LogP contribution in [0.2, 0.25) is 0 Å². The number of thioether (sulfide) groups is 1. The fourth-order valence-corrected chi connectivity index (χ4v) is 4.19. The lowest BCUT2D eigenvalue weighted by Crippen LogP contribution is -2.33. The Morgan fingerprint density at radius 2 is 2.11 bits per heavy atom. The maximum Gasteiger partial charge on any atom is 0.0263 e. The first-order valence-corrected chi connectivity index (χ1v) is 8.23. The normalized spacial score (nSPS) is 22.4. The summed E-state index contributed by atoms with van der Waals surface area (Å²) < 4.78 is 0. The van der Waals surface area contributed by atoms with E-state index < -0.39 is 0 Å². The van der Waals surface area contributed by atoms with Gasteiger partial charge in [-0.25, -0.2) is 0 Å². The van der Waals surface area contributed by atoms with Gasteiger partial charge in [-0.1, -0.05) is 31.5 Å². The topological polar surface area (TPSA) is 3.24 Å². The molecule has 2 aliphatic rings. The van der Waals surface area contributed by atoms with Crippen molar-refractivity contribution in [3.8, 4) is 0 Å². The molecule has 0 aromatic heterocycles. The van der Waals surface area contributed by atoms with Gasteiger partial charge in [-0.2, -0.15) is 0 Å². The minimum Gasteiger partial charge on any atom is -0.299 e. The molecule has 1 fully saturated rings. The van der Waals surface area contributed by atoms with Crippen molar-refractivity contribution in [2.45, 2.75) is 55.2 Å². The summed E-state index contributed by atoms with van der Waals surface area (Å²) in [5.41, 5.74) is 1.57. The fourth-order valence-electron chi connectivity index (χ4n) is 2.84. The molecule has 1 aromatic carbocycles. The van der Waals surface area contributed by atoms with Gasteiger partial charge in [0.05, 0.1) is 0 Å². The minimum absolute atomic E-state index is 0.792. The van der Waals surface area contributed by atoms with Gasteiger partial charge in [-0.05, 0) is 43.9 Å². The molecule has 98 valence electrons. The summed E-state index contributed by atoms with van der Waals surface area (Å²) in [6, 6.07) is 9.85. The molecule has 0 saturated heterocycles. The van der Waals surface area contributed by atoms with Gasteiger partial charge in [-0.3, -0.25) is 4.90 Å². The van der Waals surface area contributed by atoms with E-state index in [1.807, 2.05) is 0 Å². The molecule has 1 aliphatic heterocycles. The van der Waals surface area contributed by atoms with Crippen LogP contribution in [0.25, 0.3) is 0 Å². The molecule has 1 nitrogen and oxygen atoms in total. The van der Waals surface area contributed by atoms with Crippen LogP contribution in [-0.2, 0) is 6.42 Å². The zero-order chi connectivity index (χ0) is 12.4. The molecule has 1 heterocycles. The third kappa shape index (κ3) is 2.92. The Bertz CT molecular complexity index is 375. The largest absolute Gasteiger partial charge is 0.299 e. The van der Waals surface area contributed by atoms with Crippen molar-refractivity contribution in [3.63, 3.8) is 0 Å². The first-order chi connectivity index (χ1) is 8.86. The molecular weight excluding hydrogens is 238 g/mol. The van der Waals surface area contributed by atoms with Gasteiger partial charge < -0.3 is 0 Å². The highest BCUT2D eigenvalue weighted by atomic mass is 32.2. The number of hydrogen-bond acceptors (Lipinski definition) is 2. The van der Waals surface area contributed by atoms with Crippen LogP contribution in [0.3, 0.4) is 0 Å². The van der Waals surface area contributed by atoms with E-state index >= 15 is 0 Å². The third-order valence-corrected chi connectivity index (χ3v) is 5.32. The predicted octanol–water partition coefficient (Wildman–Crippen LogP) is 3.97. The quantitative estimate of drug-likeness (QED) is 0.762. The van der Waals surface area contributed by atoms with Gasteiger partial charge in [0.2, 0.25) is 0 Å². The molecule has 3 rings (SSSR count). The molecule has 2 heteroatoms. The molecule has 1 aliphatic carbocycles. The Morgan fingerprint density at radius 3 is 2.83 bits per heavy atom. The molecule has 18 heavy (non-hydrogen) atoms. The summed E-state index contributed by atoms with van der Waals surface area (Å²) in [6.45, 7) is 4.91. The average molecular weight is 261 g/mol. The second-order valence-corrected chi connectivity index (χ2v) is 6.97. The number of hydrogen-bond donors (Lipinski definition) is 0. The van der Waals surface area contributed by atoms with Crippen LogP contribution in [0.15, 0.2) is 29.2 Å². The van der Waals surface area contributed by atoms with E-state index in [-0.39, 0.29) is 0 Å². The van der Waals surface area contributed by atoms with Crippen molar-refractivity contribution < 1.29 is 0 Å². The predicted molar refractivity (Wildman–Crippen MR) is 79.3 cm³/mol. The summed E-state index contributed by atoms with van der Waals surface area (Å²) in [5.74, 6) is 0. The summed E-state index contributed by atoms with van der Waals surface area (Å²) in [4.78, 5) is 4.28. The smallest absolute Gasteiger partial charge is 0.0263 e. The molecule has 0 N–H and O–H groups in total. The number of nitrogens with zero attached hydrogens (tertiary/aromatic N) is 1. The van der Waals surface area contributed by atoms with Gasteiger partial charge in [-0.15, -0.1) is 11.8 Å². The SMILES string of the molecule is CCCCN(CC1Cc2ccccc2S1)C1CC1. The Labute approximate surface area is 115 Å². The molecule has 0 radical (unpaired) electrons. The summed E-state index contributed by atoms with van der Waals surface area (Å²) in [7, 11) is 0. The van der Waals surface area contributed by atoms with E-state index in [2.05, 4.69) is 47.9 Å². The highest BCUT2D eigenvalue weighted by Crippen LogP contribution is 2.38. The van der Waals surface area contributed by atoms with Crippen LogP contribution < -0.4 is 0 Å². The van der Waals surface area contributed by atoms with Crippen molar-refractivity contribution in [3.05, 3.63) is 29.8 Å². The zero-order valence-corrected chi connectivity index (χ0v) is 12.1. The molecule has 1 atom stereocenters. The van der Waals surface area contributed by atoms with E-state index in [0.717, 1.165) is 11.3 Å². The van der Waals surface area contributed by atoms with Gasteiger partial charge in [0.15, 0.2) is 0 Å². The fraction of sp³-hybridized carbons (Fsp3) is 0.625. The van der Waals surface area contributed by atoms with E-state index in [0.29, 0.717) is 0 Å². The van der Waals surface area contributed by atoms with Crippen molar-refractivity contribution in [2.75, 3.05) is 13.1 Å². The van der Waals surface area contributed by atoms with E-state index in [1.54, 1.807) is 5.56 Å². The molecule has 0 spiro atoms. The van der Waals surface area contributed by atoms with Gasteiger partial charge >= 0.3 is 0 Å². The van der Waals surface area contributed by atoms with Crippen LogP contribution in [0.4, 0.5) is 0 Å². The Hall–Kier alpha value is -0.470. The number of benzene rings is 1. The van der Waals surface area contributed by atoms with E-state index in [9.17, 15) is 0 Å². The Balaban J connectivity index is 1.57. The van der Waals surface area contributed by atoms with Crippen molar-refractivity contribution in [1.29, 1.82) is 0 Å². The highest BCUT2D eigenvalue weighted by molar-refractivity contribution is 8.00. The van der Waals surface area contributed by atoms with E-state index in [1.165, 1.54) is 50.1 Å². The number of unbranched alkanes of at least 4 members (excludes halogenated alkanes) is 1. The van der Waals surface area contributed by atoms with Crippen LogP contribution in [0.5, 0.6) is 0 Å². The van der Waals surface area contributed by atoms with Crippen LogP contribution >= 0.6 is 11.8 Å². The molecule has 0 bridgehead atoms. The second kappa shape index (κ2) is 5.66. The lowest BCUT2D eigenvalue weighted by Gasteiger charge is -2.24. The molecule has 1 aromatic rings. The average Bonchev–Trinajstić information content (AvgIpc) is 3.14. The summed E-state index contributed by atoms with van der Waals surface area (Å²) in [6.07, 6.45) is 6.83. The lowest BCUT2D eigenvalue weighted by atomic mass is 10.1. The molecular formula is C16H23NS. The number of fused-ring (bicyclic) bond motifs is 1. The second-order valence-electron chi connectivity index (χ2n) is 5.63. The first-order valence-electron chi connectivity index (χ1n) is 7.35. The van der Waals surface area contributed by atoms with E-state index in [4.69, 9.17) is 0 Å². The standard InChI is InChI=1S/C16H23NS/c1-2-3-10-17(14-8-9-14)12-15-11-13-6-4-5-7-16(13)18-15/h4-7,14-15H,2-3,8-12H2,1H3. The molecule has 1 saturated carbocycles. The Kier molecular flexibility index (Phi) is 3.95.